The molecular weight excluding hydrogens is 316 g/mol. The zero-order valence-electron chi connectivity index (χ0n) is 11.9. The maximum Gasteiger partial charge on any atom is 0.261 e. The molecule has 0 unspecified atom stereocenters. The van der Waals surface area contributed by atoms with Crippen LogP contribution in [0.15, 0.2) is 46.3 Å². The summed E-state index contributed by atoms with van der Waals surface area (Å²) >= 11 is 1.40. The first kappa shape index (κ1) is 13.8. The fraction of sp³-hybridized carbons (Fsp3) is 0.125. The van der Waals surface area contributed by atoms with Crippen LogP contribution in [0.1, 0.15) is 15.4 Å². The summed E-state index contributed by atoms with van der Waals surface area (Å²) in [5.74, 6) is 1.90. The lowest BCUT2D eigenvalue weighted by atomic mass is 10.1. The SMILES string of the molecule is O=C(NCc1cc(-c2ccc3c(c2)OCO3)on1)c1cccs1. The van der Waals surface area contributed by atoms with Crippen LogP contribution >= 0.6 is 11.3 Å². The van der Waals surface area contributed by atoms with Gasteiger partial charge >= 0.3 is 0 Å². The largest absolute Gasteiger partial charge is 0.454 e. The number of carbonyl (C=O) groups excluding carboxylic acids is 1. The molecule has 0 atom stereocenters. The van der Waals surface area contributed by atoms with Crippen molar-refractivity contribution in [2.75, 3.05) is 6.79 Å². The van der Waals surface area contributed by atoms with Crippen molar-refractivity contribution in [2.45, 2.75) is 6.54 Å². The molecule has 0 bridgehead atoms. The van der Waals surface area contributed by atoms with Crippen LogP contribution in [0.4, 0.5) is 0 Å². The molecule has 0 saturated heterocycles. The van der Waals surface area contributed by atoms with Crippen LogP contribution < -0.4 is 14.8 Å². The lowest BCUT2D eigenvalue weighted by molar-refractivity contribution is 0.0954. The Labute approximate surface area is 135 Å². The molecule has 3 aromatic rings. The summed E-state index contributed by atoms with van der Waals surface area (Å²) < 4.78 is 16.0. The summed E-state index contributed by atoms with van der Waals surface area (Å²) in [6, 6.07) is 11.0. The van der Waals surface area contributed by atoms with Crippen LogP contribution in [0.5, 0.6) is 11.5 Å². The van der Waals surface area contributed by atoms with E-state index in [0.717, 1.165) is 11.3 Å². The second-order valence-electron chi connectivity index (χ2n) is 4.91. The Hall–Kier alpha value is -2.80. The van der Waals surface area contributed by atoms with E-state index in [1.807, 2.05) is 29.6 Å². The lowest BCUT2D eigenvalue weighted by Crippen LogP contribution is -2.21. The molecule has 7 heteroatoms. The third-order valence-corrected chi connectivity index (χ3v) is 4.26. The minimum Gasteiger partial charge on any atom is -0.454 e. The molecule has 6 nitrogen and oxygen atoms in total. The van der Waals surface area contributed by atoms with Gasteiger partial charge in [-0.25, -0.2) is 0 Å². The van der Waals surface area contributed by atoms with E-state index in [0.29, 0.717) is 28.6 Å². The Morgan fingerprint density at radius 1 is 1.22 bits per heavy atom. The van der Waals surface area contributed by atoms with E-state index in [4.69, 9.17) is 14.0 Å². The van der Waals surface area contributed by atoms with Gasteiger partial charge in [-0.15, -0.1) is 11.3 Å². The van der Waals surface area contributed by atoms with E-state index >= 15 is 0 Å². The lowest BCUT2D eigenvalue weighted by Gasteiger charge is -1.99. The average molecular weight is 328 g/mol. The number of amides is 1. The summed E-state index contributed by atoms with van der Waals surface area (Å²) in [5, 5.41) is 8.66. The fourth-order valence-corrected chi connectivity index (χ4v) is 2.89. The second kappa shape index (κ2) is 5.77. The molecule has 4 rings (SSSR count). The summed E-state index contributed by atoms with van der Waals surface area (Å²) in [4.78, 5) is 12.6. The number of nitrogens with one attached hydrogen (secondary N) is 1. The first-order chi connectivity index (χ1) is 11.3. The average Bonchev–Trinajstić information content (AvgIpc) is 3.32. The minimum atomic E-state index is -0.118. The summed E-state index contributed by atoms with van der Waals surface area (Å²) in [6.07, 6.45) is 0. The molecule has 0 radical (unpaired) electrons. The number of thiophene rings is 1. The van der Waals surface area contributed by atoms with Gasteiger partial charge in [-0.2, -0.15) is 0 Å². The van der Waals surface area contributed by atoms with E-state index in [1.54, 1.807) is 12.1 Å². The number of hydrogen-bond donors (Lipinski definition) is 1. The van der Waals surface area contributed by atoms with Gasteiger partial charge in [0, 0.05) is 11.6 Å². The summed E-state index contributed by atoms with van der Waals surface area (Å²) in [6.45, 7) is 0.542. The number of carbonyl (C=O) groups is 1. The first-order valence-electron chi connectivity index (χ1n) is 6.97. The van der Waals surface area contributed by atoms with Gasteiger partial charge in [0.05, 0.1) is 11.4 Å². The van der Waals surface area contributed by atoms with Crippen molar-refractivity contribution < 1.29 is 18.8 Å². The van der Waals surface area contributed by atoms with E-state index < -0.39 is 0 Å². The summed E-state index contributed by atoms with van der Waals surface area (Å²) in [7, 11) is 0. The molecule has 1 amide bonds. The van der Waals surface area contributed by atoms with Crippen LogP contribution in [0.2, 0.25) is 0 Å². The molecule has 0 fully saturated rings. The Morgan fingerprint density at radius 3 is 3.00 bits per heavy atom. The molecular formula is C16H12N2O4S. The predicted octanol–water partition coefficient (Wildman–Crippen LogP) is 3.06. The predicted molar refractivity (Wildman–Crippen MR) is 83.6 cm³/mol. The van der Waals surface area contributed by atoms with Crippen LogP contribution in [0, 0.1) is 0 Å². The number of rotatable bonds is 4. The van der Waals surface area contributed by atoms with Gasteiger partial charge in [-0.3, -0.25) is 4.79 Å². The van der Waals surface area contributed by atoms with Crippen LogP contribution in [0.3, 0.4) is 0 Å². The zero-order valence-corrected chi connectivity index (χ0v) is 12.8. The van der Waals surface area contributed by atoms with Gasteiger partial charge < -0.3 is 19.3 Å². The standard InChI is InChI=1S/C16H12N2O4S/c19-16(15-2-1-5-23-15)17-8-11-7-13(22-18-11)10-3-4-12-14(6-10)21-9-20-12/h1-7H,8-9H2,(H,17,19). The minimum absolute atomic E-state index is 0.118. The van der Waals surface area contributed by atoms with Gasteiger partial charge in [-0.1, -0.05) is 11.2 Å². The van der Waals surface area contributed by atoms with Crippen molar-refractivity contribution in [3.63, 3.8) is 0 Å². The van der Waals surface area contributed by atoms with Gasteiger partial charge in [0.1, 0.15) is 5.69 Å². The Kier molecular flexibility index (Phi) is 3.47. The molecule has 1 aliphatic heterocycles. The Morgan fingerprint density at radius 2 is 2.13 bits per heavy atom. The number of aromatic nitrogens is 1. The van der Waals surface area contributed by atoms with Crippen LogP contribution in [-0.4, -0.2) is 17.9 Å². The quantitative estimate of drug-likeness (QED) is 0.797. The molecule has 116 valence electrons. The number of fused-ring (bicyclic) bond motifs is 1. The van der Waals surface area contributed by atoms with Gasteiger partial charge in [0.2, 0.25) is 6.79 Å². The normalized spacial score (nSPS) is 12.3. The Bertz CT molecular complexity index is 842. The fourth-order valence-electron chi connectivity index (χ4n) is 2.25. The van der Waals surface area contributed by atoms with Crippen molar-refractivity contribution in [3.05, 3.63) is 52.3 Å². The summed E-state index contributed by atoms with van der Waals surface area (Å²) in [5.41, 5.74) is 1.50. The highest BCUT2D eigenvalue weighted by Gasteiger charge is 2.16. The second-order valence-corrected chi connectivity index (χ2v) is 5.86. The van der Waals surface area contributed by atoms with Gasteiger partial charge in [-0.05, 0) is 29.6 Å². The Balaban J connectivity index is 1.45. The van der Waals surface area contributed by atoms with Crippen LogP contribution in [-0.2, 0) is 6.54 Å². The molecule has 0 saturated carbocycles. The first-order valence-corrected chi connectivity index (χ1v) is 7.85. The molecule has 3 heterocycles. The van der Waals surface area contributed by atoms with E-state index in [1.165, 1.54) is 11.3 Å². The third-order valence-electron chi connectivity index (χ3n) is 3.39. The molecule has 1 aromatic carbocycles. The number of ether oxygens (including phenoxy) is 2. The van der Waals surface area contributed by atoms with Crippen molar-refractivity contribution in [1.29, 1.82) is 0 Å². The van der Waals surface area contributed by atoms with Crippen molar-refractivity contribution in [2.24, 2.45) is 0 Å². The van der Waals surface area contributed by atoms with Crippen molar-refractivity contribution in [3.8, 4) is 22.8 Å². The maximum absolute atomic E-state index is 11.9. The highest BCUT2D eigenvalue weighted by atomic mass is 32.1. The highest BCUT2D eigenvalue weighted by Crippen LogP contribution is 2.35. The molecule has 0 spiro atoms. The maximum atomic E-state index is 11.9. The zero-order chi connectivity index (χ0) is 15.6. The molecule has 1 aliphatic rings. The topological polar surface area (TPSA) is 73.6 Å². The molecule has 23 heavy (non-hydrogen) atoms. The highest BCUT2D eigenvalue weighted by molar-refractivity contribution is 7.12. The van der Waals surface area contributed by atoms with E-state index in [9.17, 15) is 4.79 Å². The van der Waals surface area contributed by atoms with Crippen LogP contribution in [0.25, 0.3) is 11.3 Å². The number of hydrogen-bond acceptors (Lipinski definition) is 6. The molecule has 0 aliphatic carbocycles. The monoisotopic (exact) mass is 328 g/mol. The molecule has 2 aromatic heterocycles. The van der Waals surface area contributed by atoms with Crippen molar-refractivity contribution >= 4 is 17.2 Å². The molecule has 1 N–H and O–H groups in total. The number of nitrogens with zero attached hydrogens (tertiary/aromatic N) is 1. The van der Waals surface area contributed by atoms with E-state index in [2.05, 4.69) is 10.5 Å². The van der Waals surface area contributed by atoms with Crippen molar-refractivity contribution in [1.82, 2.24) is 10.5 Å². The van der Waals surface area contributed by atoms with Gasteiger partial charge in [0.15, 0.2) is 17.3 Å². The third kappa shape index (κ3) is 2.78. The van der Waals surface area contributed by atoms with Gasteiger partial charge in [0.25, 0.3) is 5.91 Å². The number of benzene rings is 1. The smallest absolute Gasteiger partial charge is 0.261 e. The van der Waals surface area contributed by atoms with E-state index in [-0.39, 0.29) is 12.7 Å².